The summed E-state index contributed by atoms with van der Waals surface area (Å²) in [6, 6.07) is 5.09. The molecule has 102 valence electrons. The molecule has 0 saturated heterocycles. The summed E-state index contributed by atoms with van der Waals surface area (Å²) in [6.45, 7) is 0.654. The van der Waals surface area contributed by atoms with Crippen molar-refractivity contribution in [2.75, 3.05) is 20.6 Å². The molecule has 1 unspecified atom stereocenters. The van der Waals surface area contributed by atoms with Crippen LogP contribution in [0.4, 0.5) is 0 Å². The Morgan fingerprint density at radius 1 is 1.47 bits per heavy atom. The van der Waals surface area contributed by atoms with Crippen LogP contribution < -0.4 is 5.73 Å². The molecule has 2 rings (SSSR count). The van der Waals surface area contributed by atoms with Crippen molar-refractivity contribution in [3.05, 3.63) is 33.5 Å². The van der Waals surface area contributed by atoms with E-state index in [9.17, 15) is 0 Å². The number of likely N-dealkylation sites (N-methyl/N-ethyl adjacent to an activating group) is 1. The Balaban J connectivity index is 2.25. The number of nitrogens with zero attached hydrogens (tertiary/aromatic N) is 3. The number of aromatic nitrogens is 2. The zero-order valence-electron chi connectivity index (χ0n) is 10.6. The first-order chi connectivity index (χ1) is 8.97. The predicted octanol–water partition coefficient (Wildman–Crippen LogP) is 2.71. The summed E-state index contributed by atoms with van der Waals surface area (Å²) in [6.07, 6.45) is 0. The maximum Gasteiger partial charge on any atom is 0.259 e. The first-order valence-electron chi connectivity index (χ1n) is 5.66. The topological polar surface area (TPSA) is 68.2 Å². The lowest BCUT2D eigenvalue weighted by molar-refractivity contribution is 0.357. The van der Waals surface area contributed by atoms with Gasteiger partial charge in [-0.1, -0.05) is 16.8 Å². The van der Waals surface area contributed by atoms with Crippen LogP contribution in [0.3, 0.4) is 0 Å². The Hall–Kier alpha value is -0.950. The summed E-state index contributed by atoms with van der Waals surface area (Å²) in [5.41, 5.74) is 6.78. The van der Waals surface area contributed by atoms with E-state index in [0.717, 1.165) is 10.0 Å². The predicted molar refractivity (Wildman–Crippen MR) is 77.9 cm³/mol. The van der Waals surface area contributed by atoms with Crippen LogP contribution >= 0.6 is 27.5 Å². The number of hydrogen-bond donors (Lipinski definition) is 1. The van der Waals surface area contributed by atoms with E-state index >= 15 is 0 Å². The van der Waals surface area contributed by atoms with Gasteiger partial charge in [0.2, 0.25) is 0 Å². The van der Waals surface area contributed by atoms with Crippen LogP contribution in [0.15, 0.2) is 27.2 Å². The van der Waals surface area contributed by atoms with Crippen LogP contribution in [0.5, 0.6) is 0 Å². The molecule has 0 fully saturated rings. The molecule has 1 atom stereocenters. The summed E-state index contributed by atoms with van der Waals surface area (Å²) in [5.74, 6) is 0.915. The van der Waals surface area contributed by atoms with E-state index < -0.39 is 0 Å². The minimum Gasteiger partial charge on any atom is -0.334 e. The molecule has 1 aromatic carbocycles. The molecule has 0 aliphatic heterocycles. The third-order valence-electron chi connectivity index (χ3n) is 2.50. The van der Waals surface area contributed by atoms with E-state index in [1.165, 1.54) is 0 Å². The van der Waals surface area contributed by atoms with Crippen molar-refractivity contribution in [3.8, 4) is 11.5 Å². The number of rotatable bonds is 4. The molecule has 5 nitrogen and oxygen atoms in total. The monoisotopic (exact) mass is 344 g/mol. The summed E-state index contributed by atoms with van der Waals surface area (Å²) in [4.78, 5) is 6.29. The SMILES string of the molecule is CN(C)CC(N)c1noc(-c2ccc(Cl)cc2Br)n1. The normalized spacial score (nSPS) is 12.9. The molecule has 7 heteroatoms. The summed E-state index contributed by atoms with van der Waals surface area (Å²) in [5, 5.41) is 4.56. The van der Waals surface area contributed by atoms with Gasteiger partial charge in [-0.2, -0.15) is 4.98 Å². The van der Waals surface area contributed by atoms with Crippen LogP contribution in [-0.2, 0) is 0 Å². The largest absolute Gasteiger partial charge is 0.334 e. The van der Waals surface area contributed by atoms with Gasteiger partial charge in [-0.25, -0.2) is 0 Å². The fourth-order valence-corrected chi connectivity index (χ4v) is 2.49. The van der Waals surface area contributed by atoms with Crippen LogP contribution in [0, 0.1) is 0 Å². The highest BCUT2D eigenvalue weighted by Gasteiger charge is 2.17. The third-order valence-corrected chi connectivity index (χ3v) is 3.39. The summed E-state index contributed by atoms with van der Waals surface area (Å²) < 4.78 is 6.04. The van der Waals surface area contributed by atoms with Crippen molar-refractivity contribution in [1.29, 1.82) is 0 Å². The van der Waals surface area contributed by atoms with E-state index in [-0.39, 0.29) is 6.04 Å². The fourth-order valence-electron chi connectivity index (χ4n) is 1.63. The van der Waals surface area contributed by atoms with Crippen molar-refractivity contribution in [3.63, 3.8) is 0 Å². The lowest BCUT2D eigenvalue weighted by atomic mass is 10.2. The van der Waals surface area contributed by atoms with E-state index in [1.807, 2.05) is 25.1 Å². The Bertz CT molecular complexity index is 573. The Morgan fingerprint density at radius 2 is 2.21 bits per heavy atom. The molecule has 0 aliphatic rings. The number of nitrogens with two attached hydrogens (primary N) is 1. The van der Waals surface area contributed by atoms with Crippen molar-refractivity contribution in [2.45, 2.75) is 6.04 Å². The van der Waals surface area contributed by atoms with Crippen molar-refractivity contribution < 1.29 is 4.52 Å². The average molecular weight is 346 g/mol. The molecule has 0 saturated carbocycles. The van der Waals surface area contributed by atoms with Crippen LogP contribution in [0.1, 0.15) is 11.9 Å². The molecule has 1 aromatic heterocycles. The third kappa shape index (κ3) is 3.54. The molecule has 2 aromatic rings. The van der Waals surface area contributed by atoms with Gasteiger partial charge in [-0.15, -0.1) is 0 Å². The van der Waals surface area contributed by atoms with Gasteiger partial charge in [0.1, 0.15) is 0 Å². The average Bonchev–Trinajstić information content (AvgIpc) is 2.77. The highest BCUT2D eigenvalue weighted by molar-refractivity contribution is 9.10. The Labute approximate surface area is 124 Å². The van der Waals surface area contributed by atoms with Crippen molar-refractivity contribution >= 4 is 27.5 Å². The maximum absolute atomic E-state index is 5.99. The van der Waals surface area contributed by atoms with Crippen molar-refractivity contribution in [2.24, 2.45) is 5.73 Å². The number of halogens is 2. The minimum absolute atomic E-state index is 0.279. The molecule has 0 aliphatic carbocycles. The van der Waals surface area contributed by atoms with Gasteiger partial charge in [0.05, 0.1) is 11.6 Å². The molecule has 0 radical (unpaired) electrons. The van der Waals surface area contributed by atoms with Gasteiger partial charge < -0.3 is 15.2 Å². The van der Waals surface area contributed by atoms with E-state index in [1.54, 1.807) is 12.1 Å². The summed E-state index contributed by atoms with van der Waals surface area (Å²) >= 11 is 9.31. The summed E-state index contributed by atoms with van der Waals surface area (Å²) in [7, 11) is 3.88. The second-order valence-corrected chi connectivity index (χ2v) is 5.74. The molecule has 0 bridgehead atoms. The second kappa shape index (κ2) is 6.00. The first kappa shape index (κ1) is 14.5. The van der Waals surface area contributed by atoms with Gasteiger partial charge in [-0.3, -0.25) is 0 Å². The van der Waals surface area contributed by atoms with Crippen molar-refractivity contribution in [1.82, 2.24) is 15.0 Å². The van der Waals surface area contributed by atoms with E-state index in [4.69, 9.17) is 21.9 Å². The maximum atomic E-state index is 5.99. The highest BCUT2D eigenvalue weighted by atomic mass is 79.9. The molecule has 0 spiro atoms. The van der Waals surface area contributed by atoms with E-state index in [0.29, 0.717) is 23.3 Å². The fraction of sp³-hybridized carbons (Fsp3) is 0.333. The number of hydrogen-bond acceptors (Lipinski definition) is 5. The van der Waals surface area contributed by atoms with Gasteiger partial charge in [0, 0.05) is 16.0 Å². The van der Waals surface area contributed by atoms with Gasteiger partial charge >= 0.3 is 0 Å². The molecular formula is C12H14BrClN4O. The number of benzene rings is 1. The standard InChI is InChI=1S/C12H14BrClN4O/c1-18(2)6-10(15)11-16-12(19-17-11)8-4-3-7(14)5-9(8)13/h3-5,10H,6,15H2,1-2H3. The molecular weight excluding hydrogens is 332 g/mol. The Morgan fingerprint density at radius 3 is 2.84 bits per heavy atom. The minimum atomic E-state index is -0.279. The lowest BCUT2D eigenvalue weighted by Crippen LogP contribution is -2.26. The molecule has 0 amide bonds. The van der Waals surface area contributed by atoms with Gasteiger partial charge in [0.15, 0.2) is 5.82 Å². The molecule has 1 heterocycles. The van der Waals surface area contributed by atoms with Gasteiger partial charge in [-0.05, 0) is 48.2 Å². The van der Waals surface area contributed by atoms with Crippen LogP contribution in [0.2, 0.25) is 5.02 Å². The Kier molecular flexibility index (Phi) is 4.57. The first-order valence-corrected chi connectivity index (χ1v) is 6.84. The molecule has 19 heavy (non-hydrogen) atoms. The van der Waals surface area contributed by atoms with E-state index in [2.05, 4.69) is 26.1 Å². The molecule has 2 N–H and O–H groups in total. The van der Waals surface area contributed by atoms with Crippen LogP contribution in [0.25, 0.3) is 11.5 Å². The highest BCUT2D eigenvalue weighted by Crippen LogP contribution is 2.29. The van der Waals surface area contributed by atoms with Crippen LogP contribution in [-0.4, -0.2) is 35.7 Å². The zero-order chi connectivity index (χ0) is 14.0. The lowest BCUT2D eigenvalue weighted by Gasteiger charge is -2.12. The van der Waals surface area contributed by atoms with Gasteiger partial charge in [0.25, 0.3) is 5.89 Å². The second-order valence-electron chi connectivity index (χ2n) is 4.45. The quantitative estimate of drug-likeness (QED) is 0.923. The zero-order valence-corrected chi connectivity index (χ0v) is 12.9. The smallest absolute Gasteiger partial charge is 0.259 e.